The van der Waals surface area contributed by atoms with Gasteiger partial charge in [-0.25, -0.2) is 8.42 Å². The van der Waals surface area contributed by atoms with E-state index in [4.69, 9.17) is 11.0 Å². The van der Waals surface area contributed by atoms with Crippen LogP contribution in [-0.4, -0.2) is 23.2 Å². The minimum atomic E-state index is -3.87. The summed E-state index contributed by atoms with van der Waals surface area (Å²) in [5.41, 5.74) is 7.02. The van der Waals surface area contributed by atoms with E-state index >= 15 is 0 Å². The fourth-order valence-electron chi connectivity index (χ4n) is 2.17. The number of H-pyrrole nitrogens is 1. The summed E-state index contributed by atoms with van der Waals surface area (Å²) in [5, 5.41) is 13.5. The van der Waals surface area contributed by atoms with E-state index in [1.807, 2.05) is 6.07 Å². The summed E-state index contributed by atoms with van der Waals surface area (Å²) in [4.78, 5) is 2.80. The monoisotopic (exact) mass is 316 g/mol. The number of hydrogen-bond donors (Lipinski definition) is 3. The molecule has 112 valence electrons. The molecule has 22 heavy (non-hydrogen) atoms. The smallest absolute Gasteiger partial charge is 0.267 e. The summed E-state index contributed by atoms with van der Waals surface area (Å²) in [7, 11) is -2.32. The average molecular weight is 316 g/mol. The Labute approximate surface area is 126 Å². The number of nitrogens with zero attached hydrogens (tertiary/aromatic N) is 3. The molecule has 4 N–H and O–H groups in total. The van der Waals surface area contributed by atoms with Crippen molar-refractivity contribution in [1.29, 1.82) is 5.26 Å². The first-order valence-corrected chi connectivity index (χ1v) is 7.73. The van der Waals surface area contributed by atoms with Gasteiger partial charge in [-0.1, -0.05) is 12.1 Å². The molecule has 9 heteroatoms. The van der Waals surface area contributed by atoms with Crippen molar-refractivity contribution in [2.45, 2.75) is 4.90 Å². The normalized spacial score (nSPS) is 11.5. The Morgan fingerprint density at radius 2 is 2.23 bits per heavy atom. The molecule has 0 saturated carbocycles. The summed E-state index contributed by atoms with van der Waals surface area (Å²) in [5.74, 6) is 0.0453. The maximum atomic E-state index is 12.4. The number of aryl methyl sites for hydroxylation is 1. The van der Waals surface area contributed by atoms with Gasteiger partial charge in [-0.2, -0.15) is 10.4 Å². The zero-order valence-electron chi connectivity index (χ0n) is 11.5. The molecular formula is C13H12N6O2S. The second-order valence-electron chi connectivity index (χ2n) is 4.67. The van der Waals surface area contributed by atoms with Crippen LogP contribution in [0.3, 0.4) is 0 Å². The molecule has 0 aliphatic rings. The number of aromatic nitrogens is 3. The summed E-state index contributed by atoms with van der Waals surface area (Å²) in [6.45, 7) is 0. The second kappa shape index (κ2) is 4.78. The van der Waals surface area contributed by atoms with E-state index in [2.05, 4.69) is 14.8 Å². The van der Waals surface area contributed by atoms with Gasteiger partial charge in [-0.05, 0) is 6.07 Å². The lowest BCUT2D eigenvalue weighted by atomic mass is 10.2. The highest BCUT2D eigenvalue weighted by Gasteiger charge is 2.22. The first-order chi connectivity index (χ1) is 10.4. The maximum absolute atomic E-state index is 12.4. The first kappa shape index (κ1) is 14.0. The molecule has 8 nitrogen and oxygen atoms in total. The number of nitrogens with two attached hydrogens (primary N) is 1. The van der Waals surface area contributed by atoms with Crippen LogP contribution in [0.25, 0.3) is 10.9 Å². The van der Waals surface area contributed by atoms with Crippen LogP contribution in [0.15, 0.2) is 35.5 Å². The van der Waals surface area contributed by atoms with Crippen molar-refractivity contribution in [3.05, 3.63) is 36.2 Å². The number of nitrogens with one attached hydrogen (secondary N) is 2. The highest BCUT2D eigenvalue weighted by atomic mass is 32.2. The fourth-order valence-corrected chi connectivity index (χ4v) is 3.33. The van der Waals surface area contributed by atoms with Crippen molar-refractivity contribution in [3.8, 4) is 6.07 Å². The summed E-state index contributed by atoms with van der Waals surface area (Å²) < 4.78 is 28.6. The Hall–Kier alpha value is -2.99. The van der Waals surface area contributed by atoms with Crippen molar-refractivity contribution in [3.63, 3.8) is 0 Å². The van der Waals surface area contributed by atoms with Crippen LogP contribution in [0, 0.1) is 11.3 Å². The molecule has 3 aromatic rings. The van der Waals surface area contributed by atoms with Gasteiger partial charge in [-0.3, -0.25) is 9.40 Å². The molecule has 0 bridgehead atoms. The predicted molar refractivity (Wildman–Crippen MR) is 81.4 cm³/mol. The zero-order chi connectivity index (χ0) is 15.9. The molecule has 0 aliphatic carbocycles. The quantitative estimate of drug-likeness (QED) is 0.667. The second-order valence-corrected chi connectivity index (χ2v) is 6.32. The summed E-state index contributed by atoms with van der Waals surface area (Å²) in [6, 6.07) is 7.05. The molecule has 2 aromatic heterocycles. The molecule has 0 amide bonds. The van der Waals surface area contributed by atoms with Crippen molar-refractivity contribution in [1.82, 2.24) is 14.8 Å². The zero-order valence-corrected chi connectivity index (χ0v) is 12.3. The molecule has 0 spiro atoms. The van der Waals surface area contributed by atoms with E-state index in [9.17, 15) is 8.42 Å². The van der Waals surface area contributed by atoms with Gasteiger partial charge in [0.05, 0.1) is 23.0 Å². The molecule has 0 saturated heterocycles. The van der Waals surface area contributed by atoms with Gasteiger partial charge < -0.3 is 10.7 Å². The SMILES string of the molecule is Cn1ncc(S(=O)(=O)Nc2cccc3c(C#N)c[nH]c23)c1N. The minimum absolute atomic E-state index is 0.0453. The van der Waals surface area contributed by atoms with E-state index in [1.54, 1.807) is 25.2 Å². The van der Waals surface area contributed by atoms with Gasteiger partial charge >= 0.3 is 0 Å². The van der Waals surface area contributed by atoms with Crippen molar-refractivity contribution in [2.24, 2.45) is 7.05 Å². The highest BCUT2D eigenvalue weighted by Crippen LogP contribution is 2.28. The van der Waals surface area contributed by atoms with E-state index in [-0.39, 0.29) is 10.7 Å². The minimum Gasteiger partial charge on any atom is -0.383 e. The van der Waals surface area contributed by atoms with Gasteiger partial charge in [0, 0.05) is 18.6 Å². The van der Waals surface area contributed by atoms with Crippen LogP contribution in [0.4, 0.5) is 11.5 Å². The molecular weight excluding hydrogens is 304 g/mol. The summed E-state index contributed by atoms with van der Waals surface area (Å²) >= 11 is 0. The topological polar surface area (TPSA) is 130 Å². The van der Waals surface area contributed by atoms with Gasteiger partial charge in [0.25, 0.3) is 10.0 Å². The number of nitrogen functional groups attached to an aromatic ring is 1. The number of fused-ring (bicyclic) bond motifs is 1. The summed E-state index contributed by atoms with van der Waals surface area (Å²) in [6.07, 6.45) is 2.72. The number of anilines is 2. The largest absolute Gasteiger partial charge is 0.383 e. The lowest BCUT2D eigenvalue weighted by Crippen LogP contribution is -2.14. The van der Waals surface area contributed by atoms with E-state index in [0.29, 0.717) is 22.2 Å². The van der Waals surface area contributed by atoms with Crippen molar-refractivity contribution >= 4 is 32.4 Å². The number of sulfonamides is 1. The number of hydrogen-bond acceptors (Lipinski definition) is 5. The van der Waals surface area contributed by atoms with Crippen LogP contribution in [0.1, 0.15) is 5.56 Å². The Morgan fingerprint density at radius 1 is 1.45 bits per heavy atom. The van der Waals surface area contributed by atoms with Crippen LogP contribution in [0.2, 0.25) is 0 Å². The molecule has 1 aromatic carbocycles. The van der Waals surface area contributed by atoms with Crippen LogP contribution in [-0.2, 0) is 17.1 Å². The van der Waals surface area contributed by atoms with Crippen LogP contribution < -0.4 is 10.5 Å². The van der Waals surface area contributed by atoms with Gasteiger partial charge in [0.15, 0.2) is 0 Å². The first-order valence-electron chi connectivity index (χ1n) is 6.24. The third-order valence-corrected chi connectivity index (χ3v) is 4.70. The Balaban J connectivity index is 2.09. The molecule has 0 fully saturated rings. The average Bonchev–Trinajstić information content (AvgIpc) is 3.04. The molecule has 0 aliphatic heterocycles. The lowest BCUT2D eigenvalue weighted by molar-refractivity contribution is 0.601. The maximum Gasteiger partial charge on any atom is 0.267 e. The van der Waals surface area contributed by atoms with E-state index < -0.39 is 10.0 Å². The number of para-hydroxylation sites is 1. The standard InChI is InChI=1S/C13H12N6O2S/c1-19-13(15)11(7-17-19)22(20,21)18-10-4-2-3-9-8(5-14)6-16-12(9)10/h2-4,6-7,16,18H,15H2,1H3. The third-order valence-electron chi connectivity index (χ3n) is 3.32. The molecule has 0 radical (unpaired) electrons. The Bertz CT molecular complexity index is 1010. The number of nitriles is 1. The number of benzene rings is 1. The number of rotatable bonds is 3. The third kappa shape index (κ3) is 2.06. The van der Waals surface area contributed by atoms with Gasteiger partial charge in [0.2, 0.25) is 0 Å². The van der Waals surface area contributed by atoms with E-state index in [0.717, 1.165) is 0 Å². The van der Waals surface area contributed by atoms with Crippen LogP contribution in [0.5, 0.6) is 0 Å². The Kier molecular flexibility index (Phi) is 3.04. The molecule has 0 unspecified atom stereocenters. The molecule has 0 atom stereocenters. The highest BCUT2D eigenvalue weighted by molar-refractivity contribution is 7.92. The Morgan fingerprint density at radius 3 is 2.86 bits per heavy atom. The van der Waals surface area contributed by atoms with Crippen molar-refractivity contribution in [2.75, 3.05) is 10.5 Å². The van der Waals surface area contributed by atoms with Gasteiger partial charge in [-0.15, -0.1) is 0 Å². The molecule has 3 rings (SSSR count). The molecule has 2 heterocycles. The van der Waals surface area contributed by atoms with Crippen LogP contribution >= 0.6 is 0 Å². The van der Waals surface area contributed by atoms with E-state index in [1.165, 1.54) is 17.1 Å². The van der Waals surface area contributed by atoms with Crippen molar-refractivity contribution < 1.29 is 8.42 Å². The predicted octanol–water partition coefficient (Wildman–Crippen LogP) is 1.16. The lowest BCUT2D eigenvalue weighted by Gasteiger charge is -2.08. The fraction of sp³-hybridized carbons (Fsp3) is 0.0769. The van der Waals surface area contributed by atoms with Gasteiger partial charge in [0.1, 0.15) is 16.8 Å². The number of aromatic amines is 1.